The number of hydrogen-bond acceptors (Lipinski definition) is 3. The molecule has 24 heavy (non-hydrogen) atoms. The lowest BCUT2D eigenvalue weighted by atomic mass is 10.0. The summed E-state index contributed by atoms with van der Waals surface area (Å²) < 4.78 is 13.0. The first kappa shape index (κ1) is 16.5. The summed E-state index contributed by atoms with van der Waals surface area (Å²) in [5.41, 5.74) is 2.48. The number of carboxylic acids is 1. The number of nitrogens with zero attached hydrogens (tertiary/aromatic N) is 2. The van der Waals surface area contributed by atoms with Crippen LogP contribution in [0, 0.1) is 5.82 Å². The van der Waals surface area contributed by atoms with Crippen LogP contribution in [-0.4, -0.2) is 42.2 Å². The minimum Gasteiger partial charge on any atom is -0.478 e. The van der Waals surface area contributed by atoms with E-state index in [4.69, 9.17) is 5.11 Å². The molecule has 4 nitrogen and oxygen atoms in total. The van der Waals surface area contributed by atoms with Crippen LogP contribution in [0.2, 0.25) is 0 Å². The van der Waals surface area contributed by atoms with Crippen molar-refractivity contribution in [2.45, 2.75) is 13.0 Å². The Morgan fingerprint density at radius 3 is 2.12 bits per heavy atom. The van der Waals surface area contributed by atoms with Crippen molar-refractivity contribution < 1.29 is 14.3 Å². The highest BCUT2D eigenvalue weighted by Crippen LogP contribution is 2.24. The van der Waals surface area contributed by atoms with Gasteiger partial charge in [0.05, 0.1) is 5.56 Å². The van der Waals surface area contributed by atoms with Gasteiger partial charge in [-0.15, -0.1) is 0 Å². The molecule has 1 aliphatic rings. The molecule has 1 fully saturated rings. The van der Waals surface area contributed by atoms with Crippen LogP contribution in [0.15, 0.2) is 48.5 Å². The van der Waals surface area contributed by atoms with Crippen molar-refractivity contribution in [2.24, 2.45) is 0 Å². The quantitative estimate of drug-likeness (QED) is 0.934. The highest BCUT2D eigenvalue weighted by Gasteiger charge is 2.22. The van der Waals surface area contributed by atoms with Crippen LogP contribution in [0.25, 0.3) is 0 Å². The molecule has 1 heterocycles. The molecule has 2 aromatic rings. The lowest BCUT2D eigenvalue weighted by Crippen LogP contribution is -2.47. The van der Waals surface area contributed by atoms with E-state index in [1.54, 1.807) is 12.1 Å². The Kier molecular flexibility index (Phi) is 4.81. The number of hydrogen-bond donors (Lipinski definition) is 1. The first-order valence-corrected chi connectivity index (χ1v) is 8.12. The van der Waals surface area contributed by atoms with Crippen LogP contribution in [-0.2, 0) is 0 Å². The third-order valence-electron chi connectivity index (χ3n) is 4.69. The van der Waals surface area contributed by atoms with Gasteiger partial charge < -0.3 is 10.0 Å². The zero-order chi connectivity index (χ0) is 17.1. The maximum atomic E-state index is 13.0. The van der Waals surface area contributed by atoms with Crippen molar-refractivity contribution in [2.75, 3.05) is 31.1 Å². The molecule has 0 bridgehead atoms. The van der Waals surface area contributed by atoms with Gasteiger partial charge in [-0.25, -0.2) is 9.18 Å². The lowest BCUT2D eigenvalue weighted by molar-refractivity contribution is 0.0697. The predicted molar refractivity (Wildman–Crippen MR) is 92.0 cm³/mol. The fourth-order valence-corrected chi connectivity index (χ4v) is 3.13. The Hall–Kier alpha value is -2.40. The number of aromatic carboxylic acids is 1. The van der Waals surface area contributed by atoms with Crippen LogP contribution in [0.4, 0.5) is 10.1 Å². The van der Waals surface area contributed by atoms with E-state index in [1.165, 1.54) is 12.1 Å². The molecular weight excluding hydrogens is 307 g/mol. The minimum atomic E-state index is -0.901. The van der Waals surface area contributed by atoms with Gasteiger partial charge in [0, 0.05) is 37.9 Å². The second kappa shape index (κ2) is 7.01. The van der Waals surface area contributed by atoms with Gasteiger partial charge in [-0.05, 0) is 48.9 Å². The number of piperazine rings is 1. The monoisotopic (exact) mass is 328 g/mol. The Balaban J connectivity index is 1.61. The molecule has 0 saturated carbocycles. The van der Waals surface area contributed by atoms with Gasteiger partial charge in [0.25, 0.3) is 0 Å². The van der Waals surface area contributed by atoms with Crippen molar-refractivity contribution >= 4 is 11.7 Å². The minimum absolute atomic E-state index is 0.212. The van der Waals surface area contributed by atoms with E-state index < -0.39 is 5.97 Å². The van der Waals surface area contributed by atoms with Crippen LogP contribution < -0.4 is 4.90 Å². The van der Waals surface area contributed by atoms with E-state index in [0.717, 1.165) is 37.4 Å². The summed E-state index contributed by atoms with van der Waals surface area (Å²) in [5, 5.41) is 8.98. The fraction of sp³-hybridized carbons (Fsp3) is 0.316. The average Bonchev–Trinajstić information content (AvgIpc) is 2.62. The molecular formula is C19H21FN2O2. The van der Waals surface area contributed by atoms with Crippen molar-refractivity contribution in [1.82, 2.24) is 4.90 Å². The van der Waals surface area contributed by atoms with Gasteiger partial charge in [-0.1, -0.05) is 12.1 Å². The number of rotatable bonds is 4. The Bertz CT molecular complexity index is 692. The zero-order valence-electron chi connectivity index (χ0n) is 13.7. The largest absolute Gasteiger partial charge is 0.478 e. The first-order valence-electron chi connectivity index (χ1n) is 8.12. The molecule has 1 saturated heterocycles. The summed E-state index contributed by atoms with van der Waals surface area (Å²) in [6, 6.07) is 14.0. The number of benzene rings is 2. The Morgan fingerprint density at radius 1 is 1.00 bits per heavy atom. The van der Waals surface area contributed by atoms with Crippen LogP contribution in [0.5, 0.6) is 0 Å². The molecule has 126 valence electrons. The first-order chi connectivity index (χ1) is 11.5. The zero-order valence-corrected chi connectivity index (χ0v) is 13.7. The summed E-state index contributed by atoms with van der Waals surface area (Å²) in [6.07, 6.45) is 0. The Morgan fingerprint density at radius 2 is 1.58 bits per heavy atom. The predicted octanol–water partition coefficient (Wildman–Crippen LogP) is 3.41. The number of anilines is 1. The van der Waals surface area contributed by atoms with Gasteiger partial charge in [0.1, 0.15) is 5.82 Å². The summed E-state index contributed by atoms with van der Waals surface area (Å²) in [5.74, 6) is -1.11. The Labute approximate surface area is 141 Å². The van der Waals surface area contributed by atoms with Crippen molar-refractivity contribution in [3.05, 3.63) is 65.5 Å². The summed E-state index contributed by atoms with van der Waals surface area (Å²) in [4.78, 5) is 15.6. The van der Waals surface area contributed by atoms with Gasteiger partial charge in [0.2, 0.25) is 0 Å². The van der Waals surface area contributed by atoms with Gasteiger partial charge in [-0.3, -0.25) is 4.90 Å². The molecule has 1 N–H and O–H groups in total. The molecule has 1 aliphatic heterocycles. The number of halogens is 1. The summed E-state index contributed by atoms with van der Waals surface area (Å²) >= 11 is 0. The maximum Gasteiger partial charge on any atom is 0.335 e. The molecule has 1 atom stereocenters. The maximum absolute atomic E-state index is 13.0. The molecule has 3 rings (SSSR count). The molecule has 0 unspecified atom stereocenters. The fourth-order valence-electron chi connectivity index (χ4n) is 3.13. The van der Waals surface area contributed by atoms with Gasteiger partial charge >= 0.3 is 5.97 Å². The van der Waals surface area contributed by atoms with E-state index >= 15 is 0 Å². The van der Waals surface area contributed by atoms with Crippen LogP contribution in [0.1, 0.15) is 28.9 Å². The molecule has 5 heteroatoms. The van der Waals surface area contributed by atoms with E-state index in [-0.39, 0.29) is 11.9 Å². The van der Waals surface area contributed by atoms with Crippen LogP contribution >= 0.6 is 0 Å². The summed E-state index contributed by atoms with van der Waals surface area (Å²) in [6.45, 7) is 5.76. The van der Waals surface area contributed by atoms with Gasteiger partial charge in [-0.2, -0.15) is 0 Å². The van der Waals surface area contributed by atoms with E-state index in [9.17, 15) is 9.18 Å². The highest BCUT2D eigenvalue weighted by molar-refractivity contribution is 5.87. The molecule has 0 aromatic heterocycles. The lowest BCUT2D eigenvalue weighted by Gasteiger charge is -2.39. The van der Waals surface area contributed by atoms with E-state index in [0.29, 0.717) is 5.56 Å². The number of carbonyl (C=O) groups is 1. The standard InChI is InChI=1S/C19H21FN2O2/c1-14(15-2-4-16(5-3-15)19(23)24)21-10-12-22(13-11-21)18-8-6-17(20)7-9-18/h2-9,14H,10-13H2,1H3,(H,23,24)/t14-/m0/s1. The molecule has 0 radical (unpaired) electrons. The van der Waals surface area contributed by atoms with Crippen LogP contribution in [0.3, 0.4) is 0 Å². The molecule has 2 aromatic carbocycles. The summed E-state index contributed by atoms with van der Waals surface area (Å²) in [7, 11) is 0. The normalized spacial score (nSPS) is 16.8. The third kappa shape index (κ3) is 3.57. The SMILES string of the molecule is C[C@@H](c1ccc(C(=O)O)cc1)N1CCN(c2ccc(F)cc2)CC1. The second-order valence-corrected chi connectivity index (χ2v) is 6.10. The second-order valence-electron chi connectivity index (χ2n) is 6.10. The van der Waals surface area contributed by atoms with Crippen molar-refractivity contribution in [3.63, 3.8) is 0 Å². The average molecular weight is 328 g/mol. The van der Waals surface area contributed by atoms with Crippen molar-refractivity contribution in [1.29, 1.82) is 0 Å². The van der Waals surface area contributed by atoms with E-state index in [1.807, 2.05) is 24.3 Å². The third-order valence-corrected chi connectivity index (χ3v) is 4.69. The van der Waals surface area contributed by atoms with Crippen molar-refractivity contribution in [3.8, 4) is 0 Å². The highest BCUT2D eigenvalue weighted by atomic mass is 19.1. The topological polar surface area (TPSA) is 43.8 Å². The molecule has 0 spiro atoms. The number of carboxylic acid groups (broad SMARTS) is 1. The van der Waals surface area contributed by atoms with Gasteiger partial charge in [0.15, 0.2) is 0 Å². The molecule has 0 amide bonds. The smallest absolute Gasteiger partial charge is 0.335 e. The van der Waals surface area contributed by atoms with E-state index in [2.05, 4.69) is 16.7 Å². The molecule has 0 aliphatic carbocycles.